The van der Waals surface area contributed by atoms with E-state index in [-0.39, 0.29) is 0 Å². The summed E-state index contributed by atoms with van der Waals surface area (Å²) >= 11 is 0. The maximum Gasteiger partial charge on any atom is 0.136 e. The zero-order valence-corrected chi connectivity index (χ0v) is 34.4. The van der Waals surface area contributed by atoms with E-state index < -0.39 is 0 Å². The van der Waals surface area contributed by atoms with E-state index in [2.05, 4.69) is 240 Å². The van der Waals surface area contributed by atoms with E-state index in [0.29, 0.717) is 0 Å². The molecule has 3 nitrogen and oxygen atoms in total. The van der Waals surface area contributed by atoms with Crippen LogP contribution in [0.4, 0.5) is 17.1 Å². The van der Waals surface area contributed by atoms with Gasteiger partial charge in [0, 0.05) is 44.2 Å². The minimum Gasteiger partial charge on any atom is -0.456 e. The van der Waals surface area contributed by atoms with Gasteiger partial charge in [-0.25, -0.2) is 0 Å². The SMILES string of the molecule is c1ccc(-c2ccc(-c3cccc(N(c4ccc(-c5ccccc5-n5c6ccccc6c6ccccc65)cc4)c4cccc(-c5cccc6oc7ccccc7c56)c4)c3)cc2)cc1. The van der Waals surface area contributed by atoms with Crippen molar-refractivity contribution in [3.63, 3.8) is 0 Å². The van der Waals surface area contributed by atoms with Gasteiger partial charge in [0.2, 0.25) is 0 Å². The summed E-state index contributed by atoms with van der Waals surface area (Å²) in [6.45, 7) is 0. The summed E-state index contributed by atoms with van der Waals surface area (Å²) in [4.78, 5) is 2.38. The Bertz CT molecular complexity index is 3560. The minimum absolute atomic E-state index is 0.888. The maximum absolute atomic E-state index is 6.33. The number of para-hydroxylation sites is 4. The standard InChI is InChI=1S/C60H40N2O/c1-2-15-41(16-3-1)42-31-33-43(34-32-42)45-17-12-19-48(39-45)61(49-20-13-18-46(40-49)51-25-14-30-59-60(51)54-24-7-11-29-58(54)63-59)47-37-35-44(36-38-47)50-21-4-8-26-55(50)62-56-27-9-5-22-52(56)53-23-6-10-28-57(53)62/h1-40H. The van der Waals surface area contributed by atoms with Crippen molar-refractivity contribution in [3.8, 4) is 50.2 Å². The fraction of sp³-hybridized carbons (Fsp3) is 0. The molecule has 0 saturated heterocycles. The van der Waals surface area contributed by atoms with Gasteiger partial charge in [0.05, 0.1) is 16.7 Å². The predicted molar refractivity (Wildman–Crippen MR) is 264 cm³/mol. The summed E-state index contributed by atoms with van der Waals surface area (Å²) in [6.07, 6.45) is 0. The van der Waals surface area contributed by atoms with Crippen LogP contribution in [0.25, 0.3) is 93.9 Å². The topological polar surface area (TPSA) is 21.3 Å². The quantitative estimate of drug-likeness (QED) is 0.153. The molecular weight excluding hydrogens is 765 g/mol. The molecule has 0 N–H and O–H groups in total. The Hall–Kier alpha value is -8.40. The fourth-order valence-electron chi connectivity index (χ4n) is 9.47. The molecule has 10 aromatic carbocycles. The number of benzene rings is 10. The molecular formula is C60H40N2O. The van der Waals surface area contributed by atoms with Crippen molar-refractivity contribution in [2.24, 2.45) is 0 Å². The first kappa shape index (κ1) is 36.5. The highest BCUT2D eigenvalue weighted by Gasteiger charge is 2.19. The number of rotatable bonds is 8. The number of hydrogen-bond donors (Lipinski definition) is 0. The molecule has 0 unspecified atom stereocenters. The lowest BCUT2D eigenvalue weighted by Crippen LogP contribution is -2.10. The highest BCUT2D eigenvalue weighted by Crippen LogP contribution is 2.43. The van der Waals surface area contributed by atoms with E-state index in [4.69, 9.17) is 4.42 Å². The number of nitrogens with zero attached hydrogens (tertiary/aromatic N) is 2. The van der Waals surface area contributed by atoms with E-state index in [1.54, 1.807) is 0 Å². The van der Waals surface area contributed by atoms with Crippen LogP contribution < -0.4 is 4.90 Å². The highest BCUT2D eigenvalue weighted by molar-refractivity contribution is 6.13. The largest absolute Gasteiger partial charge is 0.456 e. The Balaban J connectivity index is 0.985. The van der Waals surface area contributed by atoms with Crippen molar-refractivity contribution in [1.29, 1.82) is 0 Å². The molecule has 0 fully saturated rings. The lowest BCUT2D eigenvalue weighted by molar-refractivity contribution is 0.669. The normalized spacial score (nSPS) is 11.5. The van der Waals surface area contributed by atoms with Gasteiger partial charge in [-0.05, 0) is 106 Å². The zero-order valence-electron chi connectivity index (χ0n) is 34.4. The summed E-state index contributed by atoms with van der Waals surface area (Å²) in [5, 5.41) is 4.75. The van der Waals surface area contributed by atoms with Crippen molar-refractivity contribution in [3.05, 3.63) is 243 Å². The van der Waals surface area contributed by atoms with Gasteiger partial charge in [0.25, 0.3) is 0 Å². The van der Waals surface area contributed by atoms with Gasteiger partial charge >= 0.3 is 0 Å². The Labute approximate surface area is 366 Å². The van der Waals surface area contributed by atoms with Gasteiger partial charge in [0.15, 0.2) is 0 Å². The third kappa shape index (κ3) is 6.38. The zero-order chi connectivity index (χ0) is 41.7. The summed E-state index contributed by atoms with van der Waals surface area (Å²) in [6, 6.07) is 87.1. The molecule has 3 heteroatoms. The number of anilines is 3. The molecule has 12 aromatic rings. The van der Waals surface area contributed by atoms with Gasteiger partial charge < -0.3 is 13.9 Å². The molecule has 0 aliphatic carbocycles. The lowest BCUT2D eigenvalue weighted by atomic mass is 9.98. The van der Waals surface area contributed by atoms with Crippen molar-refractivity contribution < 1.29 is 4.42 Å². The fourth-order valence-corrected chi connectivity index (χ4v) is 9.47. The summed E-state index contributed by atoms with van der Waals surface area (Å²) in [5.41, 5.74) is 17.8. The average Bonchev–Trinajstić information content (AvgIpc) is 3.91. The molecule has 2 heterocycles. The number of fused-ring (bicyclic) bond motifs is 6. The highest BCUT2D eigenvalue weighted by atomic mass is 16.3. The van der Waals surface area contributed by atoms with Gasteiger partial charge in [-0.2, -0.15) is 0 Å². The van der Waals surface area contributed by atoms with Gasteiger partial charge in [-0.1, -0.05) is 176 Å². The van der Waals surface area contributed by atoms with Gasteiger partial charge in [-0.15, -0.1) is 0 Å². The van der Waals surface area contributed by atoms with Crippen LogP contribution in [0.15, 0.2) is 247 Å². The van der Waals surface area contributed by atoms with Crippen LogP contribution >= 0.6 is 0 Å². The Morgan fingerprint density at radius 1 is 0.302 bits per heavy atom. The molecule has 0 radical (unpaired) electrons. The Morgan fingerprint density at radius 2 is 0.794 bits per heavy atom. The summed E-state index contributed by atoms with van der Waals surface area (Å²) in [5.74, 6) is 0. The molecule has 0 amide bonds. The predicted octanol–water partition coefficient (Wildman–Crippen LogP) is 16.8. The van der Waals surface area contributed by atoms with Crippen LogP contribution in [0.1, 0.15) is 0 Å². The van der Waals surface area contributed by atoms with Crippen LogP contribution in [0.3, 0.4) is 0 Å². The van der Waals surface area contributed by atoms with Crippen molar-refractivity contribution in [2.45, 2.75) is 0 Å². The Kier molecular flexibility index (Phi) is 8.83. The first-order chi connectivity index (χ1) is 31.2. The van der Waals surface area contributed by atoms with Crippen molar-refractivity contribution in [1.82, 2.24) is 4.57 Å². The van der Waals surface area contributed by atoms with E-state index in [9.17, 15) is 0 Å². The molecule has 0 bridgehead atoms. The summed E-state index contributed by atoms with van der Waals surface area (Å²) < 4.78 is 8.74. The van der Waals surface area contributed by atoms with E-state index >= 15 is 0 Å². The van der Waals surface area contributed by atoms with E-state index in [1.165, 1.54) is 44.1 Å². The van der Waals surface area contributed by atoms with Crippen molar-refractivity contribution >= 4 is 60.8 Å². The second kappa shape index (κ2) is 15.3. The Morgan fingerprint density at radius 3 is 1.52 bits per heavy atom. The van der Waals surface area contributed by atoms with E-state index in [1.807, 2.05) is 12.1 Å². The summed E-state index contributed by atoms with van der Waals surface area (Å²) in [7, 11) is 0. The molecule has 0 spiro atoms. The number of furan rings is 1. The monoisotopic (exact) mass is 804 g/mol. The second-order valence-corrected chi connectivity index (χ2v) is 16.1. The van der Waals surface area contributed by atoms with Crippen LogP contribution in [0.5, 0.6) is 0 Å². The first-order valence-corrected chi connectivity index (χ1v) is 21.5. The van der Waals surface area contributed by atoms with Crippen LogP contribution in [-0.4, -0.2) is 4.57 Å². The molecule has 0 aliphatic heterocycles. The molecule has 0 saturated carbocycles. The second-order valence-electron chi connectivity index (χ2n) is 16.1. The van der Waals surface area contributed by atoms with Crippen molar-refractivity contribution in [2.75, 3.05) is 4.90 Å². The third-order valence-corrected chi connectivity index (χ3v) is 12.4. The number of aromatic nitrogens is 1. The molecule has 296 valence electrons. The first-order valence-electron chi connectivity index (χ1n) is 21.5. The molecule has 2 aromatic heterocycles. The molecule has 0 atom stereocenters. The maximum atomic E-state index is 6.33. The third-order valence-electron chi connectivity index (χ3n) is 12.4. The van der Waals surface area contributed by atoms with Gasteiger partial charge in [-0.3, -0.25) is 0 Å². The van der Waals surface area contributed by atoms with Crippen LogP contribution in [0, 0.1) is 0 Å². The molecule has 12 rings (SSSR count). The van der Waals surface area contributed by atoms with Gasteiger partial charge in [0.1, 0.15) is 11.2 Å². The minimum atomic E-state index is 0.888. The van der Waals surface area contributed by atoms with Crippen LogP contribution in [0.2, 0.25) is 0 Å². The smallest absolute Gasteiger partial charge is 0.136 e. The average molecular weight is 805 g/mol. The van der Waals surface area contributed by atoms with Crippen LogP contribution in [-0.2, 0) is 0 Å². The molecule has 0 aliphatic rings. The number of hydrogen-bond acceptors (Lipinski definition) is 2. The lowest BCUT2D eigenvalue weighted by Gasteiger charge is -2.27. The van der Waals surface area contributed by atoms with E-state index in [0.717, 1.165) is 66.9 Å². The molecule has 63 heavy (non-hydrogen) atoms.